The Hall–Kier alpha value is -1.43. The van der Waals surface area contributed by atoms with Crippen LogP contribution in [0.1, 0.15) is 41.9 Å². The Balaban J connectivity index is 2.29. The second-order valence-electron chi connectivity index (χ2n) is 3.81. The molecule has 6 nitrogen and oxygen atoms in total. The van der Waals surface area contributed by atoms with Gasteiger partial charge in [-0.25, -0.2) is 4.79 Å². The second kappa shape index (κ2) is 4.61. The molecule has 1 saturated heterocycles. The number of nitrogens with zero attached hydrogens (tertiary/aromatic N) is 3. The molecule has 2 heterocycles. The zero-order valence-corrected chi connectivity index (χ0v) is 9.22. The number of rotatable bonds is 3. The molecule has 1 aliphatic heterocycles. The molecule has 0 spiro atoms. The summed E-state index contributed by atoms with van der Waals surface area (Å²) in [6.45, 7) is 3.81. The molecule has 0 saturated carbocycles. The van der Waals surface area contributed by atoms with Crippen molar-refractivity contribution in [2.75, 3.05) is 13.2 Å². The molecule has 0 aliphatic carbocycles. The first kappa shape index (κ1) is 11.1. The van der Waals surface area contributed by atoms with Crippen LogP contribution in [-0.4, -0.2) is 39.3 Å². The normalized spacial score (nSPS) is 17.6. The topological polar surface area (TPSA) is 77.2 Å². The third-order valence-electron chi connectivity index (χ3n) is 2.77. The van der Waals surface area contributed by atoms with Crippen molar-refractivity contribution in [2.24, 2.45) is 0 Å². The highest BCUT2D eigenvalue weighted by molar-refractivity contribution is 5.86. The van der Waals surface area contributed by atoms with E-state index in [4.69, 9.17) is 9.84 Å². The van der Waals surface area contributed by atoms with Gasteiger partial charge in [0, 0.05) is 19.1 Å². The standard InChI is InChI=1S/C10H15N3O3/c1-2-13-11-8(9(12-13)10(14)15)7-3-5-16-6-4-7/h7H,2-6H2,1H3,(H,14,15). The number of carbonyl (C=O) groups is 1. The molecule has 2 rings (SSSR count). The highest BCUT2D eigenvalue weighted by Gasteiger charge is 2.26. The summed E-state index contributed by atoms with van der Waals surface area (Å²) in [5.41, 5.74) is 0.700. The van der Waals surface area contributed by atoms with Gasteiger partial charge in [0.15, 0.2) is 5.69 Å². The van der Waals surface area contributed by atoms with E-state index < -0.39 is 5.97 Å². The molecule has 0 bridgehead atoms. The average molecular weight is 225 g/mol. The van der Waals surface area contributed by atoms with Gasteiger partial charge in [-0.1, -0.05) is 0 Å². The van der Waals surface area contributed by atoms with Crippen molar-refractivity contribution in [3.63, 3.8) is 0 Å². The minimum absolute atomic E-state index is 0.0914. The maximum Gasteiger partial charge on any atom is 0.358 e. The van der Waals surface area contributed by atoms with Crippen molar-refractivity contribution in [3.8, 4) is 0 Å². The molecule has 0 atom stereocenters. The van der Waals surface area contributed by atoms with Crippen LogP contribution in [0, 0.1) is 0 Å². The van der Waals surface area contributed by atoms with Gasteiger partial charge in [0.05, 0.1) is 6.54 Å². The Bertz CT molecular complexity index is 383. The highest BCUT2D eigenvalue weighted by Crippen LogP contribution is 2.27. The van der Waals surface area contributed by atoms with Crippen LogP contribution < -0.4 is 0 Å². The zero-order chi connectivity index (χ0) is 11.5. The van der Waals surface area contributed by atoms with Crippen molar-refractivity contribution >= 4 is 5.97 Å². The quantitative estimate of drug-likeness (QED) is 0.826. The lowest BCUT2D eigenvalue weighted by molar-refractivity contribution is 0.0677. The number of aryl methyl sites for hydroxylation is 1. The number of ether oxygens (including phenoxy) is 1. The molecular formula is C10H15N3O3. The summed E-state index contributed by atoms with van der Waals surface area (Å²) in [6.07, 6.45) is 1.64. The van der Waals surface area contributed by atoms with Crippen molar-refractivity contribution in [2.45, 2.75) is 32.2 Å². The number of carboxylic acid groups (broad SMARTS) is 1. The lowest BCUT2D eigenvalue weighted by Gasteiger charge is -2.20. The van der Waals surface area contributed by atoms with Gasteiger partial charge < -0.3 is 9.84 Å². The fourth-order valence-corrected chi connectivity index (χ4v) is 1.90. The lowest BCUT2D eigenvalue weighted by Crippen LogP contribution is -2.17. The van der Waals surface area contributed by atoms with Gasteiger partial charge in [-0.2, -0.15) is 9.90 Å². The first-order valence-electron chi connectivity index (χ1n) is 5.48. The fourth-order valence-electron chi connectivity index (χ4n) is 1.90. The Kier molecular flexibility index (Phi) is 3.19. The number of aromatic carboxylic acids is 1. The number of carboxylic acids is 1. The third kappa shape index (κ3) is 2.06. The van der Waals surface area contributed by atoms with Crippen molar-refractivity contribution < 1.29 is 14.6 Å². The first-order valence-corrected chi connectivity index (χ1v) is 5.48. The molecule has 0 aromatic carbocycles. The van der Waals surface area contributed by atoms with E-state index in [1.807, 2.05) is 6.92 Å². The van der Waals surface area contributed by atoms with Gasteiger partial charge in [-0.3, -0.25) is 0 Å². The molecule has 88 valence electrons. The van der Waals surface area contributed by atoms with E-state index in [9.17, 15) is 4.79 Å². The predicted molar refractivity (Wildman–Crippen MR) is 55.4 cm³/mol. The van der Waals surface area contributed by atoms with Gasteiger partial charge in [-0.15, -0.1) is 5.10 Å². The Morgan fingerprint density at radius 1 is 1.50 bits per heavy atom. The van der Waals surface area contributed by atoms with Crippen LogP contribution in [0.4, 0.5) is 0 Å². The smallest absolute Gasteiger partial charge is 0.358 e. The van der Waals surface area contributed by atoms with Gasteiger partial charge in [0.2, 0.25) is 0 Å². The fraction of sp³-hybridized carbons (Fsp3) is 0.700. The molecule has 1 aliphatic rings. The van der Waals surface area contributed by atoms with Crippen molar-refractivity contribution in [3.05, 3.63) is 11.4 Å². The van der Waals surface area contributed by atoms with Gasteiger partial charge in [0.25, 0.3) is 0 Å². The molecule has 16 heavy (non-hydrogen) atoms. The highest BCUT2D eigenvalue weighted by atomic mass is 16.5. The molecule has 1 aromatic rings. The predicted octanol–water partition coefficient (Wildman–Crippen LogP) is 0.890. The summed E-state index contributed by atoms with van der Waals surface area (Å²) in [5.74, 6) is -0.832. The Morgan fingerprint density at radius 3 is 2.75 bits per heavy atom. The molecule has 6 heteroatoms. The van der Waals surface area contributed by atoms with Gasteiger partial charge in [0.1, 0.15) is 5.69 Å². The first-order chi connectivity index (χ1) is 7.72. The van der Waals surface area contributed by atoms with Crippen molar-refractivity contribution in [1.29, 1.82) is 0 Å². The summed E-state index contributed by atoms with van der Waals surface area (Å²) in [7, 11) is 0. The molecular weight excluding hydrogens is 210 g/mol. The van der Waals surface area contributed by atoms with Crippen LogP contribution in [0.25, 0.3) is 0 Å². The van der Waals surface area contributed by atoms with E-state index in [0.29, 0.717) is 25.5 Å². The minimum Gasteiger partial charge on any atom is -0.476 e. The summed E-state index contributed by atoms with van der Waals surface area (Å²) in [5, 5.41) is 17.3. The molecule has 1 N–H and O–H groups in total. The molecule has 0 amide bonds. The SMILES string of the molecule is CCn1nc(C(=O)O)c(C2CCOCC2)n1. The van der Waals surface area contributed by atoms with Gasteiger partial charge >= 0.3 is 5.97 Å². The second-order valence-corrected chi connectivity index (χ2v) is 3.81. The zero-order valence-electron chi connectivity index (χ0n) is 9.22. The third-order valence-corrected chi connectivity index (χ3v) is 2.77. The maximum atomic E-state index is 11.0. The van der Waals surface area contributed by atoms with E-state index in [-0.39, 0.29) is 11.6 Å². The van der Waals surface area contributed by atoms with Crippen LogP contribution >= 0.6 is 0 Å². The van der Waals surface area contributed by atoms with E-state index in [1.165, 1.54) is 4.80 Å². The molecule has 1 fully saturated rings. The van der Waals surface area contributed by atoms with E-state index in [2.05, 4.69) is 10.2 Å². The monoisotopic (exact) mass is 225 g/mol. The molecule has 1 aromatic heterocycles. The number of hydrogen-bond donors (Lipinski definition) is 1. The van der Waals surface area contributed by atoms with Gasteiger partial charge in [-0.05, 0) is 19.8 Å². The number of hydrogen-bond acceptors (Lipinski definition) is 4. The van der Waals surface area contributed by atoms with Crippen LogP contribution in [-0.2, 0) is 11.3 Å². The van der Waals surface area contributed by atoms with Crippen LogP contribution in [0.3, 0.4) is 0 Å². The summed E-state index contributed by atoms with van der Waals surface area (Å²) in [4.78, 5) is 12.5. The summed E-state index contributed by atoms with van der Waals surface area (Å²) in [6, 6.07) is 0. The lowest BCUT2D eigenvalue weighted by atomic mass is 9.95. The van der Waals surface area contributed by atoms with Crippen LogP contribution in [0.2, 0.25) is 0 Å². The van der Waals surface area contributed by atoms with Crippen LogP contribution in [0.5, 0.6) is 0 Å². The largest absolute Gasteiger partial charge is 0.476 e. The summed E-state index contributed by atoms with van der Waals surface area (Å²) < 4.78 is 5.25. The van der Waals surface area contributed by atoms with E-state index >= 15 is 0 Å². The Morgan fingerprint density at radius 2 is 2.19 bits per heavy atom. The van der Waals surface area contributed by atoms with E-state index in [1.54, 1.807) is 0 Å². The van der Waals surface area contributed by atoms with E-state index in [0.717, 1.165) is 12.8 Å². The minimum atomic E-state index is -0.999. The maximum absolute atomic E-state index is 11.0. The average Bonchev–Trinajstić information content (AvgIpc) is 2.74. The molecule has 0 unspecified atom stereocenters. The summed E-state index contributed by atoms with van der Waals surface area (Å²) >= 11 is 0. The Labute approximate surface area is 93.2 Å². The number of aromatic nitrogens is 3. The molecule has 0 radical (unpaired) electrons. The van der Waals surface area contributed by atoms with Crippen LogP contribution in [0.15, 0.2) is 0 Å². The van der Waals surface area contributed by atoms with Crippen molar-refractivity contribution in [1.82, 2.24) is 15.0 Å².